The highest BCUT2D eigenvalue weighted by Crippen LogP contribution is 2.44. The van der Waals surface area contributed by atoms with Crippen LogP contribution in [0.4, 0.5) is 0 Å². The Morgan fingerprint density at radius 2 is 2.14 bits per heavy atom. The minimum Gasteiger partial charge on any atom is -0.421 e. The van der Waals surface area contributed by atoms with E-state index in [1.807, 2.05) is 26.0 Å². The predicted molar refractivity (Wildman–Crippen MR) is 56.6 cm³/mol. The van der Waals surface area contributed by atoms with Crippen LogP contribution in [0.2, 0.25) is 0 Å². The third-order valence-electron chi connectivity index (χ3n) is 1.79. The first-order valence-electron chi connectivity index (χ1n) is 4.17. The normalized spacial score (nSPS) is 14.5. The van der Waals surface area contributed by atoms with Crippen LogP contribution >= 0.6 is 7.60 Å². The zero-order valence-corrected chi connectivity index (χ0v) is 9.12. The standard InChI is InChI=1S/C10H13O3P/c1-4-14(11,12)13-10-6-5-8(2)7-9(10)3/h4-7H,1H2,2-3H3,(H,11,12). The summed E-state index contributed by atoms with van der Waals surface area (Å²) in [5.74, 6) is 1.34. The number of hydrogen-bond donors (Lipinski definition) is 1. The molecule has 0 aliphatic heterocycles. The lowest BCUT2D eigenvalue weighted by atomic mass is 10.1. The molecule has 4 heteroatoms. The predicted octanol–water partition coefficient (Wildman–Crippen LogP) is 3.01. The van der Waals surface area contributed by atoms with E-state index in [2.05, 4.69) is 6.58 Å². The number of hydrogen-bond acceptors (Lipinski definition) is 2. The molecule has 1 aromatic carbocycles. The zero-order chi connectivity index (χ0) is 10.8. The summed E-state index contributed by atoms with van der Waals surface area (Å²) >= 11 is 0. The van der Waals surface area contributed by atoms with Gasteiger partial charge in [-0.25, -0.2) is 4.57 Å². The van der Waals surface area contributed by atoms with Crippen LogP contribution in [-0.2, 0) is 4.57 Å². The van der Waals surface area contributed by atoms with E-state index in [1.165, 1.54) is 0 Å². The molecule has 76 valence electrons. The molecule has 0 aliphatic rings. The van der Waals surface area contributed by atoms with Gasteiger partial charge in [-0.15, -0.1) is 0 Å². The van der Waals surface area contributed by atoms with Crippen LogP contribution in [0, 0.1) is 13.8 Å². The van der Waals surface area contributed by atoms with Crippen molar-refractivity contribution in [2.45, 2.75) is 13.8 Å². The van der Waals surface area contributed by atoms with Crippen molar-refractivity contribution in [3.8, 4) is 5.75 Å². The Kier molecular flexibility index (Phi) is 3.14. The van der Waals surface area contributed by atoms with E-state index in [9.17, 15) is 9.46 Å². The summed E-state index contributed by atoms with van der Waals surface area (Å²) in [6.45, 7) is 7.01. The van der Waals surface area contributed by atoms with Gasteiger partial charge in [0, 0.05) is 5.82 Å². The Labute approximate surface area is 83.6 Å². The van der Waals surface area contributed by atoms with Crippen molar-refractivity contribution in [3.05, 3.63) is 41.7 Å². The second-order valence-electron chi connectivity index (χ2n) is 3.11. The molecule has 0 aliphatic carbocycles. The third kappa shape index (κ3) is 2.72. The molecule has 0 saturated carbocycles. The number of benzene rings is 1. The quantitative estimate of drug-likeness (QED) is 0.783. The van der Waals surface area contributed by atoms with Gasteiger partial charge in [0.05, 0.1) is 0 Å². The molecule has 0 heterocycles. The fraction of sp³-hybridized carbons (Fsp3) is 0.200. The molecular formula is C10H13O3P. The fourth-order valence-electron chi connectivity index (χ4n) is 1.08. The van der Waals surface area contributed by atoms with Crippen LogP contribution < -0.4 is 4.52 Å². The van der Waals surface area contributed by atoms with Crippen molar-refractivity contribution in [1.29, 1.82) is 0 Å². The minimum absolute atomic E-state index is 0.418. The lowest BCUT2D eigenvalue weighted by molar-refractivity contribution is 0.391. The van der Waals surface area contributed by atoms with Crippen molar-refractivity contribution in [1.82, 2.24) is 0 Å². The van der Waals surface area contributed by atoms with Gasteiger partial charge in [0.15, 0.2) is 0 Å². The average molecular weight is 212 g/mol. The first-order chi connectivity index (χ1) is 6.44. The first-order valence-corrected chi connectivity index (χ1v) is 5.82. The molecule has 0 aromatic heterocycles. The van der Waals surface area contributed by atoms with Gasteiger partial charge in [-0.3, -0.25) is 0 Å². The van der Waals surface area contributed by atoms with E-state index in [1.54, 1.807) is 6.07 Å². The van der Waals surface area contributed by atoms with Gasteiger partial charge >= 0.3 is 7.60 Å². The van der Waals surface area contributed by atoms with Crippen LogP contribution in [0.5, 0.6) is 5.75 Å². The molecule has 0 spiro atoms. The van der Waals surface area contributed by atoms with E-state index < -0.39 is 7.60 Å². The van der Waals surface area contributed by atoms with Crippen LogP contribution in [0.25, 0.3) is 0 Å². The lowest BCUT2D eigenvalue weighted by Crippen LogP contribution is -1.91. The largest absolute Gasteiger partial charge is 0.421 e. The lowest BCUT2D eigenvalue weighted by Gasteiger charge is -2.11. The van der Waals surface area contributed by atoms with Crippen molar-refractivity contribution in [2.75, 3.05) is 0 Å². The topological polar surface area (TPSA) is 46.5 Å². The summed E-state index contributed by atoms with van der Waals surface area (Å²) in [7, 11) is -3.67. The summed E-state index contributed by atoms with van der Waals surface area (Å²) in [5.41, 5.74) is 1.92. The molecule has 0 amide bonds. The molecule has 1 aromatic rings. The van der Waals surface area contributed by atoms with Crippen LogP contribution in [-0.4, -0.2) is 4.89 Å². The van der Waals surface area contributed by atoms with Gasteiger partial charge in [0.25, 0.3) is 0 Å². The van der Waals surface area contributed by atoms with E-state index in [0.29, 0.717) is 5.75 Å². The van der Waals surface area contributed by atoms with Crippen LogP contribution in [0.15, 0.2) is 30.6 Å². The molecule has 1 atom stereocenters. The monoisotopic (exact) mass is 212 g/mol. The van der Waals surface area contributed by atoms with Crippen LogP contribution in [0.1, 0.15) is 11.1 Å². The van der Waals surface area contributed by atoms with E-state index in [-0.39, 0.29) is 0 Å². The fourth-order valence-corrected chi connectivity index (χ4v) is 1.64. The Morgan fingerprint density at radius 1 is 1.50 bits per heavy atom. The maximum absolute atomic E-state index is 11.2. The Bertz CT molecular complexity index is 398. The molecule has 14 heavy (non-hydrogen) atoms. The van der Waals surface area contributed by atoms with Crippen molar-refractivity contribution in [3.63, 3.8) is 0 Å². The van der Waals surface area contributed by atoms with E-state index in [0.717, 1.165) is 16.9 Å². The summed E-state index contributed by atoms with van der Waals surface area (Å²) in [5, 5.41) is 0. The van der Waals surface area contributed by atoms with Gasteiger partial charge in [-0.05, 0) is 25.5 Å². The maximum atomic E-state index is 11.2. The first kappa shape index (κ1) is 11.0. The number of rotatable bonds is 3. The van der Waals surface area contributed by atoms with Crippen molar-refractivity contribution >= 4 is 7.60 Å². The summed E-state index contributed by atoms with van der Waals surface area (Å²) in [6, 6.07) is 5.39. The average Bonchev–Trinajstić information content (AvgIpc) is 2.10. The van der Waals surface area contributed by atoms with Gasteiger partial charge in [0.2, 0.25) is 0 Å². The zero-order valence-electron chi connectivity index (χ0n) is 8.23. The Hall–Kier alpha value is -1.05. The second kappa shape index (κ2) is 3.99. The Morgan fingerprint density at radius 3 is 2.64 bits per heavy atom. The highest BCUT2D eigenvalue weighted by molar-refractivity contribution is 7.56. The minimum atomic E-state index is -3.67. The molecule has 0 bridgehead atoms. The summed E-state index contributed by atoms with van der Waals surface area (Å²) in [4.78, 5) is 9.19. The van der Waals surface area contributed by atoms with Crippen molar-refractivity contribution < 1.29 is 14.0 Å². The van der Waals surface area contributed by atoms with Gasteiger partial charge in [-0.1, -0.05) is 24.3 Å². The molecule has 1 rings (SSSR count). The van der Waals surface area contributed by atoms with Gasteiger partial charge in [-0.2, -0.15) is 0 Å². The van der Waals surface area contributed by atoms with Gasteiger partial charge in [0.1, 0.15) is 5.75 Å². The second-order valence-corrected chi connectivity index (χ2v) is 4.78. The van der Waals surface area contributed by atoms with Crippen LogP contribution in [0.3, 0.4) is 0 Å². The summed E-state index contributed by atoms with van der Waals surface area (Å²) < 4.78 is 16.1. The molecular weight excluding hydrogens is 199 g/mol. The SMILES string of the molecule is C=CP(=O)(O)Oc1ccc(C)cc1C. The van der Waals surface area contributed by atoms with Gasteiger partial charge < -0.3 is 9.42 Å². The smallest absolute Gasteiger partial charge is 0.400 e. The third-order valence-corrected chi connectivity index (χ3v) is 2.71. The molecule has 0 saturated heterocycles. The molecule has 0 fully saturated rings. The maximum Gasteiger partial charge on any atom is 0.400 e. The Balaban J connectivity index is 2.98. The highest BCUT2D eigenvalue weighted by atomic mass is 31.2. The van der Waals surface area contributed by atoms with E-state index in [4.69, 9.17) is 4.52 Å². The van der Waals surface area contributed by atoms with E-state index >= 15 is 0 Å². The molecule has 1 N–H and O–H groups in total. The van der Waals surface area contributed by atoms with Crippen molar-refractivity contribution in [2.24, 2.45) is 0 Å². The molecule has 3 nitrogen and oxygen atoms in total. The summed E-state index contributed by atoms with van der Waals surface area (Å²) in [6.07, 6.45) is 0. The molecule has 1 unspecified atom stereocenters. The number of aryl methyl sites for hydroxylation is 2. The molecule has 0 radical (unpaired) electrons. The highest BCUT2D eigenvalue weighted by Gasteiger charge is 2.16.